The third-order valence-electron chi connectivity index (χ3n) is 3.34. The predicted octanol–water partition coefficient (Wildman–Crippen LogP) is 2.91. The number of hydrogen-bond acceptors (Lipinski definition) is 6. The Hall–Kier alpha value is -2.93. The molecule has 1 aromatic carbocycles. The van der Waals surface area contributed by atoms with Crippen molar-refractivity contribution in [2.24, 2.45) is 0 Å². The summed E-state index contributed by atoms with van der Waals surface area (Å²) in [4.78, 5) is 20.7. The van der Waals surface area contributed by atoms with Crippen LogP contribution in [0.2, 0.25) is 0 Å². The van der Waals surface area contributed by atoms with E-state index in [0.717, 1.165) is 16.4 Å². The van der Waals surface area contributed by atoms with E-state index in [1.807, 2.05) is 35.7 Å². The molecule has 1 N–H and O–H groups in total. The Morgan fingerprint density at radius 1 is 1.12 bits per heavy atom. The zero-order chi connectivity index (χ0) is 17.5. The molecule has 0 unspecified atom stereocenters. The number of nitrogens with one attached hydrogen (secondary N) is 1. The molecule has 3 aromatic rings. The molecule has 3 rings (SSSR count). The number of nitrogens with zero attached hydrogens (tertiary/aromatic N) is 2. The second-order valence-corrected chi connectivity index (χ2v) is 6.00. The van der Waals surface area contributed by atoms with Crippen molar-refractivity contribution in [3.63, 3.8) is 0 Å². The number of pyridine rings is 1. The van der Waals surface area contributed by atoms with Crippen LogP contribution >= 0.6 is 11.3 Å². The van der Waals surface area contributed by atoms with Crippen LogP contribution in [0.15, 0.2) is 54.0 Å². The second-order valence-electron chi connectivity index (χ2n) is 5.06. The summed E-state index contributed by atoms with van der Waals surface area (Å²) in [6, 6.07) is 12.9. The van der Waals surface area contributed by atoms with E-state index in [4.69, 9.17) is 9.47 Å². The first-order valence-corrected chi connectivity index (χ1v) is 8.52. The molecule has 0 saturated carbocycles. The molecule has 1 amide bonds. The first kappa shape index (κ1) is 16.9. The first-order valence-electron chi connectivity index (χ1n) is 7.64. The molecule has 0 aliphatic rings. The maximum Gasteiger partial charge on any atom is 0.258 e. The molecule has 2 heterocycles. The lowest BCUT2D eigenvalue weighted by molar-refractivity contribution is -0.123. The highest BCUT2D eigenvalue weighted by Gasteiger charge is 2.09. The van der Waals surface area contributed by atoms with Crippen LogP contribution in [0.4, 0.5) is 0 Å². The molecule has 0 radical (unpaired) electrons. The smallest absolute Gasteiger partial charge is 0.258 e. The Balaban J connectivity index is 1.50. The van der Waals surface area contributed by atoms with Crippen molar-refractivity contribution in [1.82, 2.24) is 15.3 Å². The van der Waals surface area contributed by atoms with Crippen LogP contribution in [0.3, 0.4) is 0 Å². The van der Waals surface area contributed by atoms with Crippen molar-refractivity contribution in [3.05, 3.63) is 59.0 Å². The highest BCUT2D eigenvalue weighted by atomic mass is 32.1. The van der Waals surface area contributed by atoms with Gasteiger partial charge in [0.25, 0.3) is 5.91 Å². The fourth-order valence-electron chi connectivity index (χ4n) is 2.13. The topological polar surface area (TPSA) is 73.3 Å². The highest BCUT2D eigenvalue weighted by molar-refractivity contribution is 7.09. The largest absolute Gasteiger partial charge is 0.493 e. The first-order chi connectivity index (χ1) is 12.3. The average Bonchev–Trinajstić information content (AvgIpc) is 3.14. The molecule has 0 fully saturated rings. The maximum atomic E-state index is 12.0. The van der Waals surface area contributed by atoms with E-state index < -0.39 is 0 Å². The second kappa shape index (κ2) is 8.25. The number of amides is 1. The van der Waals surface area contributed by atoms with E-state index >= 15 is 0 Å². The van der Waals surface area contributed by atoms with Gasteiger partial charge in [0.05, 0.1) is 25.0 Å². The molecular weight excluding hydrogens is 338 g/mol. The van der Waals surface area contributed by atoms with Crippen molar-refractivity contribution in [2.75, 3.05) is 13.7 Å². The summed E-state index contributed by atoms with van der Waals surface area (Å²) in [7, 11) is 1.56. The molecule has 2 aromatic heterocycles. The quantitative estimate of drug-likeness (QED) is 0.705. The van der Waals surface area contributed by atoms with Gasteiger partial charge >= 0.3 is 0 Å². The van der Waals surface area contributed by atoms with Gasteiger partial charge in [0, 0.05) is 11.6 Å². The SMILES string of the molecule is COc1ccccc1OCC(=O)NCc1nc(-c2ccccn2)cs1. The monoisotopic (exact) mass is 355 g/mol. The van der Waals surface area contributed by atoms with Crippen LogP contribution in [0.5, 0.6) is 11.5 Å². The molecule has 0 aliphatic heterocycles. The number of thiazole rings is 1. The normalized spacial score (nSPS) is 10.3. The number of aromatic nitrogens is 2. The van der Waals surface area contributed by atoms with E-state index in [2.05, 4.69) is 15.3 Å². The molecule has 128 valence electrons. The number of methoxy groups -OCH3 is 1. The summed E-state index contributed by atoms with van der Waals surface area (Å²) in [6.45, 7) is 0.268. The Morgan fingerprint density at radius 2 is 1.92 bits per heavy atom. The third-order valence-corrected chi connectivity index (χ3v) is 4.19. The summed E-state index contributed by atoms with van der Waals surface area (Å²) in [5.41, 5.74) is 1.62. The van der Waals surface area contributed by atoms with Gasteiger partial charge in [-0.3, -0.25) is 9.78 Å². The van der Waals surface area contributed by atoms with Gasteiger partial charge in [-0.15, -0.1) is 11.3 Å². The van der Waals surface area contributed by atoms with Gasteiger partial charge in [0.2, 0.25) is 0 Å². The number of carbonyl (C=O) groups excluding carboxylic acids is 1. The summed E-state index contributed by atoms with van der Waals surface area (Å²) < 4.78 is 10.7. The molecule has 25 heavy (non-hydrogen) atoms. The fourth-order valence-corrected chi connectivity index (χ4v) is 2.86. The van der Waals surface area contributed by atoms with Gasteiger partial charge in [-0.25, -0.2) is 4.98 Å². The minimum absolute atomic E-state index is 0.0845. The molecule has 0 spiro atoms. The lowest BCUT2D eigenvalue weighted by Gasteiger charge is -2.10. The van der Waals surface area contributed by atoms with Crippen molar-refractivity contribution >= 4 is 17.2 Å². The van der Waals surface area contributed by atoms with E-state index in [1.54, 1.807) is 25.4 Å². The Labute approximate surface area is 149 Å². The maximum absolute atomic E-state index is 12.0. The number of ether oxygens (including phenoxy) is 2. The van der Waals surface area contributed by atoms with Gasteiger partial charge < -0.3 is 14.8 Å². The summed E-state index contributed by atoms with van der Waals surface area (Å²) in [5.74, 6) is 0.905. The lowest BCUT2D eigenvalue weighted by atomic mass is 10.3. The Morgan fingerprint density at radius 3 is 2.68 bits per heavy atom. The van der Waals surface area contributed by atoms with Gasteiger partial charge in [-0.2, -0.15) is 0 Å². The standard InChI is InChI=1S/C18H17N3O3S/c1-23-15-7-2-3-8-16(15)24-11-17(22)20-10-18-21-14(12-25-18)13-6-4-5-9-19-13/h2-9,12H,10-11H2,1H3,(H,20,22). The van der Waals surface area contributed by atoms with Crippen molar-refractivity contribution in [3.8, 4) is 22.9 Å². The number of hydrogen-bond donors (Lipinski definition) is 1. The van der Waals surface area contributed by atoms with E-state index in [0.29, 0.717) is 18.0 Å². The minimum Gasteiger partial charge on any atom is -0.493 e. The van der Waals surface area contributed by atoms with Crippen LogP contribution in [0.25, 0.3) is 11.4 Å². The lowest BCUT2D eigenvalue weighted by Crippen LogP contribution is -2.28. The summed E-state index contributed by atoms with van der Waals surface area (Å²) in [5, 5.41) is 5.53. The molecule has 0 aliphatic carbocycles. The Bertz CT molecular complexity index is 836. The fraction of sp³-hybridized carbons (Fsp3) is 0.167. The van der Waals surface area contributed by atoms with E-state index in [1.165, 1.54) is 11.3 Å². The van der Waals surface area contributed by atoms with Gasteiger partial charge in [-0.05, 0) is 24.3 Å². The molecule has 0 atom stereocenters. The highest BCUT2D eigenvalue weighted by Crippen LogP contribution is 2.25. The van der Waals surface area contributed by atoms with Crippen LogP contribution in [0, 0.1) is 0 Å². The molecule has 6 nitrogen and oxygen atoms in total. The van der Waals surface area contributed by atoms with Crippen molar-refractivity contribution < 1.29 is 14.3 Å². The number of rotatable bonds is 7. The predicted molar refractivity (Wildman–Crippen MR) is 95.7 cm³/mol. The minimum atomic E-state index is -0.222. The van der Waals surface area contributed by atoms with E-state index in [9.17, 15) is 4.79 Å². The number of benzene rings is 1. The van der Waals surface area contributed by atoms with Crippen molar-refractivity contribution in [2.45, 2.75) is 6.54 Å². The van der Waals surface area contributed by atoms with Gasteiger partial charge in [-0.1, -0.05) is 18.2 Å². The summed E-state index contributed by atoms with van der Waals surface area (Å²) in [6.07, 6.45) is 1.73. The van der Waals surface area contributed by atoms with Crippen molar-refractivity contribution in [1.29, 1.82) is 0 Å². The molecule has 0 saturated heterocycles. The van der Waals surface area contributed by atoms with Gasteiger partial charge in [0.1, 0.15) is 5.01 Å². The zero-order valence-corrected chi connectivity index (χ0v) is 14.5. The third kappa shape index (κ3) is 4.54. The average molecular weight is 355 g/mol. The number of carbonyl (C=O) groups is 1. The summed E-state index contributed by atoms with van der Waals surface area (Å²) >= 11 is 1.48. The van der Waals surface area contributed by atoms with Crippen LogP contribution in [-0.4, -0.2) is 29.6 Å². The Kier molecular flexibility index (Phi) is 5.58. The zero-order valence-electron chi connectivity index (χ0n) is 13.6. The van der Waals surface area contributed by atoms with Crippen LogP contribution in [-0.2, 0) is 11.3 Å². The van der Waals surface area contributed by atoms with Crippen LogP contribution in [0.1, 0.15) is 5.01 Å². The molecule has 7 heteroatoms. The van der Waals surface area contributed by atoms with Crippen LogP contribution < -0.4 is 14.8 Å². The number of para-hydroxylation sites is 2. The molecular formula is C18H17N3O3S. The van der Waals surface area contributed by atoms with E-state index in [-0.39, 0.29) is 12.5 Å². The van der Waals surface area contributed by atoms with Gasteiger partial charge in [0.15, 0.2) is 18.1 Å². The molecule has 0 bridgehead atoms.